The Morgan fingerprint density at radius 1 is 1.14 bits per heavy atom. The second-order valence-electron chi connectivity index (χ2n) is 6.88. The molecule has 1 aliphatic rings. The third kappa shape index (κ3) is 4.55. The Labute approximate surface area is 162 Å². The Kier molecular flexibility index (Phi) is 5.64. The highest BCUT2D eigenvalue weighted by atomic mass is 19.1. The van der Waals surface area contributed by atoms with Crippen LogP contribution in [0.25, 0.3) is 22.2 Å². The number of ketones is 1. The highest BCUT2D eigenvalue weighted by molar-refractivity contribution is 5.84. The van der Waals surface area contributed by atoms with Gasteiger partial charge in [0, 0.05) is 61.5 Å². The Hall–Kier alpha value is -2.77. The molecule has 0 aromatic carbocycles. The Morgan fingerprint density at radius 3 is 2.82 bits per heavy atom. The van der Waals surface area contributed by atoms with Crippen LogP contribution in [0.5, 0.6) is 0 Å². The summed E-state index contributed by atoms with van der Waals surface area (Å²) in [4.78, 5) is 27.5. The first-order chi connectivity index (χ1) is 13.7. The molecule has 6 nitrogen and oxygen atoms in total. The fourth-order valence-corrected chi connectivity index (χ4v) is 3.27. The van der Waals surface area contributed by atoms with E-state index >= 15 is 0 Å². The van der Waals surface area contributed by atoms with Crippen LogP contribution < -0.4 is 0 Å². The number of morpholine rings is 1. The van der Waals surface area contributed by atoms with Gasteiger partial charge >= 0.3 is 0 Å². The van der Waals surface area contributed by atoms with E-state index in [1.807, 2.05) is 18.2 Å². The normalized spacial score (nSPS) is 15.0. The summed E-state index contributed by atoms with van der Waals surface area (Å²) in [6.07, 6.45) is 5.25. The van der Waals surface area contributed by atoms with Gasteiger partial charge in [0.1, 0.15) is 11.6 Å². The zero-order chi connectivity index (χ0) is 19.3. The largest absolute Gasteiger partial charge is 0.379 e. The number of pyridine rings is 3. The second-order valence-corrected chi connectivity index (χ2v) is 6.88. The molecule has 0 unspecified atom stereocenters. The lowest BCUT2D eigenvalue weighted by molar-refractivity contribution is -0.119. The van der Waals surface area contributed by atoms with Crippen molar-refractivity contribution >= 4 is 16.7 Å². The molecule has 0 bridgehead atoms. The van der Waals surface area contributed by atoms with Crippen LogP contribution in [0.3, 0.4) is 0 Å². The minimum atomic E-state index is -0.402. The Balaban J connectivity index is 1.46. The summed E-state index contributed by atoms with van der Waals surface area (Å²) in [5.74, 6) is -0.246. The summed E-state index contributed by atoms with van der Waals surface area (Å²) in [5.41, 5.74) is 2.67. The van der Waals surface area contributed by atoms with E-state index < -0.39 is 5.82 Å². The number of Topliss-reactive ketones (excluding diaryl/α,β-unsaturated/α-hetero) is 1. The lowest BCUT2D eigenvalue weighted by Gasteiger charge is -2.26. The van der Waals surface area contributed by atoms with Gasteiger partial charge in [-0.2, -0.15) is 0 Å². The van der Waals surface area contributed by atoms with Crippen molar-refractivity contribution in [1.82, 2.24) is 19.9 Å². The summed E-state index contributed by atoms with van der Waals surface area (Å²) >= 11 is 0. The van der Waals surface area contributed by atoms with Crippen molar-refractivity contribution in [2.45, 2.75) is 12.8 Å². The zero-order valence-electron chi connectivity index (χ0n) is 15.5. The van der Waals surface area contributed by atoms with Crippen molar-refractivity contribution < 1.29 is 13.9 Å². The van der Waals surface area contributed by atoms with Gasteiger partial charge in [0.15, 0.2) is 0 Å². The van der Waals surface area contributed by atoms with Gasteiger partial charge in [-0.15, -0.1) is 0 Å². The number of halogens is 1. The van der Waals surface area contributed by atoms with Crippen molar-refractivity contribution in [2.75, 3.05) is 32.8 Å². The number of carbonyl (C=O) groups excluding carboxylic acids is 1. The fourth-order valence-electron chi connectivity index (χ4n) is 3.27. The molecule has 7 heteroatoms. The highest BCUT2D eigenvalue weighted by Crippen LogP contribution is 2.21. The molecular formula is C21H21FN4O2. The van der Waals surface area contributed by atoms with E-state index in [2.05, 4.69) is 19.9 Å². The first-order valence-corrected chi connectivity index (χ1v) is 9.36. The van der Waals surface area contributed by atoms with E-state index in [9.17, 15) is 9.18 Å². The molecule has 3 aromatic heterocycles. The van der Waals surface area contributed by atoms with Crippen LogP contribution in [-0.4, -0.2) is 58.5 Å². The van der Waals surface area contributed by atoms with Crippen molar-refractivity contribution in [3.05, 3.63) is 54.4 Å². The third-order valence-corrected chi connectivity index (χ3v) is 4.82. The number of rotatable bonds is 6. The number of nitrogens with zero attached hydrogens (tertiary/aromatic N) is 4. The molecule has 0 amide bonds. The molecule has 0 radical (unpaired) electrons. The summed E-state index contributed by atoms with van der Waals surface area (Å²) in [6.45, 7) is 3.97. The average molecular weight is 380 g/mol. The van der Waals surface area contributed by atoms with E-state index in [1.54, 1.807) is 12.4 Å². The molecular weight excluding hydrogens is 359 g/mol. The highest BCUT2D eigenvalue weighted by Gasteiger charge is 2.13. The van der Waals surface area contributed by atoms with E-state index in [1.165, 1.54) is 6.07 Å². The van der Waals surface area contributed by atoms with E-state index in [0.29, 0.717) is 23.4 Å². The van der Waals surface area contributed by atoms with Crippen molar-refractivity contribution in [3.8, 4) is 11.3 Å². The number of ether oxygens (including phenoxy) is 1. The van der Waals surface area contributed by atoms with Gasteiger partial charge in [-0.05, 0) is 24.3 Å². The summed E-state index contributed by atoms with van der Waals surface area (Å²) in [7, 11) is 0. The molecule has 4 rings (SSSR count). The minimum absolute atomic E-state index is 0.156. The number of aromatic nitrogens is 3. The van der Waals surface area contributed by atoms with Crippen LogP contribution in [-0.2, 0) is 16.0 Å². The van der Waals surface area contributed by atoms with Gasteiger partial charge in [-0.3, -0.25) is 19.7 Å². The van der Waals surface area contributed by atoms with Crippen molar-refractivity contribution in [1.29, 1.82) is 0 Å². The lowest BCUT2D eigenvalue weighted by atomic mass is 10.1. The third-order valence-electron chi connectivity index (χ3n) is 4.82. The molecule has 1 aliphatic heterocycles. The SMILES string of the molecule is O=C(CCN1CCOCC1)Cc1cc2nc(-c3cncc(F)c3)ccc2cn1. The maximum absolute atomic E-state index is 13.4. The van der Waals surface area contributed by atoms with Gasteiger partial charge in [-0.25, -0.2) is 9.37 Å². The van der Waals surface area contributed by atoms with Gasteiger partial charge in [0.25, 0.3) is 0 Å². The second kappa shape index (κ2) is 8.50. The number of carbonyl (C=O) groups is 1. The van der Waals surface area contributed by atoms with Gasteiger partial charge in [0.2, 0.25) is 0 Å². The number of hydrogen-bond acceptors (Lipinski definition) is 6. The van der Waals surface area contributed by atoms with Crippen LogP contribution >= 0.6 is 0 Å². The van der Waals surface area contributed by atoms with Crippen LogP contribution in [0.1, 0.15) is 12.1 Å². The lowest BCUT2D eigenvalue weighted by Crippen LogP contribution is -2.37. The average Bonchev–Trinajstić information content (AvgIpc) is 2.72. The van der Waals surface area contributed by atoms with E-state index in [-0.39, 0.29) is 12.2 Å². The maximum atomic E-state index is 13.4. The molecule has 0 N–H and O–H groups in total. The smallest absolute Gasteiger partial charge is 0.142 e. The topological polar surface area (TPSA) is 68.2 Å². The summed E-state index contributed by atoms with van der Waals surface area (Å²) in [6, 6.07) is 6.93. The van der Waals surface area contributed by atoms with Crippen molar-refractivity contribution in [3.63, 3.8) is 0 Å². The monoisotopic (exact) mass is 380 g/mol. The maximum Gasteiger partial charge on any atom is 0.142 e. The molecule has 0 saturated carbocycles. The number of fused-ring (bicyclic) bond motifs is 1. The molecule has 144 valence electrons. The molecule has 3 aromatic rings. The standard InChI is InChI=1S/C21H21FN4O2/c22-17-9-16(12-23-14-17)20-2-1-15-13-24-18(11-21(15)25-20)10-19(27)3-4-26-5-7-28-8-6-26/h1-2,9,11-14H,3-8,10H2. The predicted molar refractivity (Wildman–Crippen MR) is 103 cm³/mol. The van der Waals surface area contributed by atoms with E-state index in [4.69, 9.17) is 4.74 Å². The van der Waals surface area contributed by atoms with Crippen LogP contribution in [0, 0.1) is 5.82 Å². The van der Waals surface area contributed by atoms with Crippen molar-refractivity contribution in [2.24, 2.45) is 0 Å². The molecule has 4 heterocycles. The molecule has 0 atom stereocenters. The number of hydrogen-bond donors (Lipinski definition) is 0. The van der Waals surface area contributed by atoms with Gasteiger partial charge in [-0.1, -0.05) is 0 Å². The molecule has 1 saturated heterocycles. The first-order valence-electron chi connectivity index (χ1n) is 9.36. The van der Waals surface area contributed by atoms with Crippen LogP contribution in [0.2, 0.25) is 0 Å². The first kappa shape index (κ1) is 18.6. The van der Waals surface area contributed by atoms with Crippen LogP contribution in [0.15, 0.2) is 42.9 Å². The fraction of sp³-hybridized carbons (Fsp3) is 0.333. The molecule has 1 fully saturated rings. The summed E-state index contributed by atoms with van der Waals surface area (Å²) < 4.78 is 18.8. The Bertz CT molecular complexity index is 989. The molecule has 0 spiro atoms. The molecule has 28 heavy (non-hydrogen) atoms. The van der Waals surface area contributed by atoms with Gasteiger partial charge in [0.05, 0.1) is 30.6 Å². The van der Waals surface area contributed by atoms with E-state index in [0.717, 1.165) is 49.9 Å². The minimum Gasteiger partial charge on any atom is -0.379 e. The van der Waals surface area contributed by atoms with Gasteiger partial charge < -0.3 is 4.74 Å². The van der Waals surface area contributed by atoms with Crippen LogP contribution in [0.4, 0.5) is 4.39 Å². The summed E-state index contributed by atoms with van der Waals surface area (Å²) in [5, 5.41) is 0.873. The zero-order valence-corrected chi connectivity index (χ0v) is 15.5. The predicted octanol–water partition coefficient (Wildman–Crippen LogP) is 2.66. The molecule has 0 aliphatic carbocycles. The Morgan fingerprint density at radius 2 is 2.00 bits per heavy atom. The quantitative estimate of drug-likeness (QED) is 0.655.